The molecule has 12 heteroatoms. The van der Waals surface area contributed by atoms with E-state index < -0.39 is 37.4 Å². The van der Waals surface area contributed by atoms with Gasteiger partial charge in [0.25, 0.3) is 0 Å². The molecular weight excluding hydrogens is 617 g/mol. The Morgan fingerprint density at radius 1 is 0.956 bits per heavy atom. The molecule has 45 heavy (non-hydrogen) atoms. The number of piperidine rings is 1. The van der Waals surface area contributed by atoms with Crippen LogP contribution in [0.2, 0.25) is 0 Å². The third-order valence-electron chi connectivity index (χ3n) is 10.4. The molecule has 3 aromatic carbocycles. The first kappa shape index (κ1) is 29.0. The standard InChI is InChI=1S/C33H34N2O8S2/c1-21-7-12-25(13-8-21)45(39,40)43-34-26-15-16-33(36)28-19-23-11-14-27(42-44(37,38)24-5-3-2-4-6-24)30-29(23)32(33,31(26)41-30)17-18-35(28)20-22-9-10-22/h2-8,11-14,22,28,31,36H,9-10,15-20H2,1H3/b34-26-/t28-,31+,32+,33-/m1/s1. The lowest BCUT2D eigenvalue weighted by Crippen LogP contribution is -2.76. The quantitative estimate of drug-likeness (QED) is 0.283. The first-order valence-electron chi connectivity index (χ1n) is 15.4. The van der Waals surface area contributed by atoms with Gasteiger partial charge in [-0.15, -0.1) is 0 Å². The minimum absolute atomic E-state index is 0.00501. The Bertz CT molecular complexity index is 1930. The lowest BCUT2D eigenvalue weighted by atomic mass is 9.49. The van der Waals surface area contributed by atoms with Gasteiger partial charge in [-0.25, -0.2) is 0 Å². The largest absolute Gasteiger partial charge is 0.479 e. The van der Waals surface area contributed by atoms with Crippen molar-refractivity contribution < 1.29 is 35.1 Å². The van der Waals surface area contributed by atoms with Gasteiger partial charge in [-0.05, 0) is 93.8 Å². The molecule has 1 N–H and O–H groups in total. The Morgan fingerprint density at radius 3 is 2.42 bits per heavy atom. The van der Waals surface area contributed by atoms with Crippen LogP contribution >= 0.6 is 0 Å². The molecule has 10 nitrogen and oxygen atoms in total. The lowest BCUT2D eigenvalue weighted by molar-refractivity contribution is -0.167. The van der Waals surface area contributed by atoms with E-state index in [1.54, 1.807) is 36.4 Å². The zero-order valence-corrected chi connectivity index (χ0v) is 26.4. The first-order chi connectivity index (χ1) is 21.5. The van der Waals surface area contributed by atoms with Gasteiger partial charge in [-0.3, -0.25) is 9.18 Å². The summed E-state index contributed by atoms with van der Waals surface area (Å²) >= 11 is 0. The third kappa shape index (κ3) is 4.44. The number of likely N-dealkylation sites (tertiary alicyclic amines) is 1. The van der Waals surface area contributed by atoms with Crippen LogP contribution in [0.1, 0.15) is 48.8 Å². The van der Waals surface area contributed by atoms with Crippen molar-refractivity contribution in [3.05, 3.63) is 83.4 Å². The molecule has 3 aromatic rings. The van der Waals surface area contributed by atoms with Crippen LogP contribution in [-0.2, 0) is 36.4 Å². The van der Waals surface area contributed by atoms with Crippen LogP contribution in [0.3, 0.4) is 0 Å². The summed E-state index contributed by atoms with van der Waals surface area (Å²) in [7, 11) is -8.41. The Hall–Kier alpha value is -3.45. The van der Waals surface area contributed by atoms with E-state index in [2.05, 4.69) is 10.1 Å². The zero-order chi connectivity index (χ0) is 31.2. The Kier molecular flexibility index (Phi) is 6.46. The van der Waals surface area contributed by atoms with Crippen molar-refractivity contribution in [1.29, 1.82) is 0 Å². The van der Waals surface area contributed by atoms with E-state index in [1.807, 2.05) is 13.0 Å². The molecule has 236 valence electrons. The van der Waals surface area contributed by atoms with Crippen molar-refractivity contribution in [2.45, 2.75) is 78.4 Å². The fourth-order valence-electron chi connectivity index (χ4n) is 8.03. The zero-order valence-electron chi connectivity index (χ0n) is 24.8. The van der Waals surface area contributed by atoms with E-state index in [0.29, 0.717) is 37.4 Å². The van der Waals surface area contributed by atoms with Crippen molar-refractivity contribution in [3.8, 4) is 11.5 Å². The van der Waals surface area contributed by atoms with Gasteiger partial charge in [-0.1, -0.05) is 47.1 Å². The molecule has 1 spiro atoms. The van der Waals surface area contributed by atoms with Crippen LogP contribution in [0.5, 0.6) is 11.5 Å². The molecular formula is C33H34N2O8S2. The summed E-state index contributed by atoms with van der Waals surface area (Å²) in [4.78, 5) is 2.39. The van der Waals surface area contributed by atoms with Gasteiger partial charge < -0.3 is 14.0 Å². The van der Waals surface area contributed by atoms with E-state index in [9.17, 15) is 21.9 Å². The van der Waals surface area contributed by atoms with Crippen molar-refractivity contribution >= 4 is 25.9 Å². The molecule has 0 unspecified atom stereocenters. The summed E-state index contributed by atoms with van der Waals surface area (Å²) in [6.45, 7) is 3.50. The van der Waals surface area contributed by atoms with E-state index in [1.165, 1.54) is 37.1 Å². The van der Waals surface area contributed by atoms with Crippen LogP contribution < -0.4 is 8.92 Å². The van der Waals surface area contributed by atoms with Gasteiger partial charge >= 0.3 is 20.2 Å². The van der Waals surface area contributed by atoms with Gasteiger partial charge in [-0.2, -0.15) is 16.8 Å². The molecule has 2 heterocycles. The lowest BCUT2D eigenvalue weighted by Gasteiger charge is -2.63. The van der Waals surface area contributed by atoms with Crippen molar-refractivity contribution in [3.63, 3.8) is 0 Å². The summed E-state index contributed by atoms with van der Waals surface area (Å²) in [5.41, 5.74) is 0.754. The second kappa shape index (κ2) is 10.0. The number of oxime groups is 1. The Balaban J connectivity index is 1.22. The highest BCUT2D eigenvalue weighted by Crippen LogP contribution is 2.65. The maximum atomic E-state index is 13.3. The molecule has 2 bridgehead atoms. The number of hydrogen-bond donors (Lipinski definition) is 1. The number of aliphatic hydroxyl groups is 1. The van der Waals surface area contributed by atoms with Crippen molar-refractivity contribution in [2.24, 2.45) is 11.1 Å². The Morgan fingerprint density at radius 2 is 1.69 bits per heavy atom. The molecule has 0 radical (unpaired) electrons. The molecule has 3 fully saturated rings. The highest BCUT2D eigenvalue weighted by molar-refractivity contribution is 7.87. The number of ether oxygens (including phenoxy) is 1. The minimum Gasteiger partial charge on any atom is -0.479 e. The van der Waals surface area contributed by atoms with E-state index in [-0.39, 0.29) is 33.8 Å². The molecule has 0 amide bonds. The SMILES string of the molecule is Cc1ccc(S(=O)(=O)O/N=C2/CC[C@@]3(O)[C@H]4Cc5ccc(OS(=O)(=O)c6ccccc6)c6c5[C@@]3(CCN4CC3CC3)[C@H]2O6)cc1. The molecule has 2 saturated carbocycles. The van der Waals surface area contributed by atoms with Crippen LogP contribution in [0.15, 0.2) is 81.7 Å². The van der Waals surface area contributed by atoms with E-state index in [0.717, 1.165) is 23.2 Å². The monoisotopic (exact) mass is 650 g/mol. The first-order valence-corrected chi connectivity index (χ1v) is 18.2. The summed E-state index contributed by atoms with van der Waals surface area (Å²) in [5, 5.41) is 17.0. The predicted octanol–water partition coefficient (Wildman–Crippen LogP) is 4.09. The van der Waals surface area contributed by atoms with Crippen LogP contribution in [-0.4, -0.2) is 63.4 Å². The second-order valence-corrected chi connectivity index (χ2v) is 16.1. The fraction of sp³-hybridized carbons (Fsp3) is 0.424. The van der Waals surface area contributed by atoms with Gasteiger partial charge in [0.05, 0.1) is 11.0 Å². The van der Waals surface area contributed by atoms with Gasteiger partial charge in [0.15, 0.2) is 17.6 Å². The normalized spacial score (nSPS) is 29.6. The number of aryl methyl sites for hydroxylation is 1. The molecule has 4 atom stereocenters. The van der Waals surface area contributed by atoms with Crippen LogP contribution in [0, 0.1) is 12.8 Å². The second-order valence-electron chi connectivity index (χ2n) is 13.0. The molecule has 1 saturated heterocycles. The number of hydrogen-bond acceptors (Lipinski definition) is 10. The number of nitrogens with zero attached hydrogens (tertiary/aromatic N) is 2. The van der Waals surface area contributed by atoms with Gasteiger partial charge in [0.1, 0.15) is 15.5 Å². The van der Waals surface area contributed by atoms with Gasteiger partial charge in [0.2, 0.25) is 0 Å². The summed E-state index contributed by atoms with van der Waals surface area (Å²) in [5.74, 6) is 0.908. The van der Waals surface area contributed by atoms with Gasteiger partial charge in [0, 0.05) is 18.2 Å². The summed E-state index contributed by atoms with van der Waals surface area (Å²) in [6, 6.07) is 17.5. The topological polar surface area (TPSA) is 132 Å². The predicted molar refractivity (Wildman–Crippen MR) is 164 cm³/mol. The smallest absolute Gasteiger partial charge is 0.358 e. The summed E-state index contributed by atoms with van der Waals surface area (Å²) in [6.07, 6.45) is 3.21. The van der Waals surface area contributed by atoms with E-state index in [4.69, 9.17) is 13.2 Å². The third-order valence-corrected chi connectivity index (χ3v) is 12.7. The molecule has 8 rings (SSSR count). The molecule has 0 aromatic heterocycles. The average molecular weight is 651 g/mol. The number of benzene rings is 3. The van der Waals surface area contributed by atoms with Crippen LogP contribution in [0.25, 0.3) is 0 Å². The molecule has 3 aliphatic carbocycles. The highest BCUT2D eigenvalue weighted by Gasteiger charge is 2.73. The molecule has 5 aliphatic rings. The summed E-state index contributed by atoms with van der Waals surface area (Å²) < 4.78 is 70.3. The van der Waals surface area contributed by atoms with Crippen molar-refractivity contribution in [1.82, 2.24) is 4.90 Å². The molecule has 2 aliphatic heterocycles. The van der Waals surface area contributed by atoms with Crippen LogP contribution in [0.4, 0.5) is 0 Å². The number of rotatable bonds is 8. The minimum atomic E-state index is -4.21. The maximum absolute atomic E-state index is 13.3. The van der Waals surface area contributed by atoms with E-state index >= 15 is 0 Å². The Labute approximate surface area is 262 Å². The van der Waals surface area contributed by atoms with Crippen molar-refractivity contribution in [2.75, 3.05) is 13.1 Å². The average Bonchev–Trinajstić information content (AvgIpc) is 3.76. The maximum Gasteiger partial charge on any atom is 0.358 e. The highest BCUT2D eigenvalue weighted by atomic mass is 32.2. The fourth-order valence-corrected chi connectivity index (χ4v) is 9.73.